The van der Waals surface area contributed by atoms with Crippen LogP contribution in [0.25, 0.3) is 0 Å². The molecular formula is C11H14BrN3O4. The van der Waals surface area contributed by atoms with Crippen LogP contribution in [-0.4, -0.2) is 19.4 Å². The number of hydrogen-bond donors (Lipinski definition) is 0. The van der Waals surface area contributed by atoms with Crippen molar-refractivity contribution in [2.45, 2.75) is 32.9 Å². The Morgan fingerprint density at radius 1 is 1.47 bits per heavy atom. The molecule has 7 nitrogen and oxygen atoms in total. The Bertz CT molecular complexity index is 630. The van der Waals surface area contributed by atoms with Gasteiger partial charge in [0.2, 0.25) is 0 Å². The molecule has 1 aliphatic carbocycles. The zero-order valence-electron chi connectivity index (χ0n) is 10.5. The van der Waals surface area contributed by atoms with Crippen LogP contribution in [0.4, 0.5) is 5.69 Å². The molecule has 1 aliphatic rings. The van der Waals surface area contributed by atoms with E-state index in [4.69, 9.17) is 0 Å². The first-order chi connectivity index (χ1) is 8.94. The van der Waals surface area contributed by atoms with Crippen LogP contribution < -0.4 is 11.2 Å². The highest BCUT2D eigenvalue weighted by molar-refractivity contribution is 9.09. The molecule has 0 N–H and O–H groups in total. The lowest BCUT2D eigenvalue weighted by molar-refractivity contribution is -0.387. The van der Waals surface area contributed by atoms with Crippen LogP contribution in [0.3, 0.4) is 0 Å². The summed E-state index contributed by atoms with van der Waals surface area (Å²) in [5, 5.41) is 11.6. The van der Waals surface area contributed by atoms with Gasteiger partial charge in [0, 0.05) is 18.4 Å². The van der Waals surface area contributed by atoms with Gasteiger partial charge in [-0.05, 0) is 25.2 Å². The van der Waals surface area contributed by atoms with Gasteiger partial charge < -0.3 is 0 Å². The summed E-state index contributed by atoms with van der Waals surface area (Å²) in [5.41, 5.74) is -1.95. The highest BCUT2D eigenvalue weighted by atomic mass is 79.9. The predicted molar refractivity (Wildman–Crippen MR) is 72.8 cm³/mol. The van der Waals surface area contributed by atoms with Gasteiger partial charge in [0.25, 0.3) is 0 Å². The smallest absolute Gasteiger partial charge is 0.294 e. The summed E-state index contributed by atoms with van der Waals surface area (Å²) in [7, 11) is 0. The molecule has 0 unspecified atom stereocenters. The number of nitro groups is 1. The van der Waals surface area contributed by atoms with E-state index in [1.165, 1.54) is 4.57 Å². The standard InChI is InChI=1S/C11H14BrN3O4/c1-2-13-5-8(15(18)19)9(16)14(10(13)17)7-11(6-12)3-4-11/h5H,2-4,6-7H2,1H3. The SMILES string of the molecule is CCn1cc([N+](=O)[O-])c(=O)n(CC2(CBr)CC2)c1=O. The Morgan fingerprint density at radius 3 is 2.53 bits per heavy atom. The first-order valence-electron chi connectivity index (χ1n) is 5.99. The number of rotatable bonds is 5. The fourth-order valence-corrected chi connectivity index (χ4v) is 2.71. The molecule has 1 fully saturated rings. The van der Waals surface area contributed by atoms with E-state index in [1.54, 1.807) is 6.92 Å². The molecule has 0 bridgehead atoms. The molecule has 0 aromatic carbocycles. The van der Waals surface area contributed by atoms with E-state index in [-0.39, 0.29) is 12.0 Å². The molecule has 2 rings (SSSR count). The molecule has 0 spiro atoms. The van der Waals surface area contributed by atoms with Crippen LogP contribution >= 0.6 is 15.9 Å². The van der Waals surface area contributed by atoms with Crippen molar-refractivity contribution in [3.63, 3.8) is 0 Å². The average Bonchev–Trinajstić information content (AvgIpc) is 3.15. The summed E-state index contributed by atoms with van der Waals surface area (Å²) >= 11 is 3.36. The molecule has 0 radical (unpaired) electrons. The normalized spacial score (nSPS) is 16.3. The third-order valence-electron chi connectivity index (χ3n) is 3.49. The molecule has 1 saturated carbocycles. The zero-order valence-corrected chi connectivity index (χ0v) is 12.1. The van der Waals surface area contributed by atoms with E-state index in [0.29, 0.717) is 11.9 Å². The highest BCUT2D eigenvalue weighted by Gasteiger charge is 2.43. The fraction of sp³-hybridized carbons (Fsp3) is 0.636. The van der Waals surface area contributed by atoms with Gasteiger partial charge in [-0.15, -0.1) is 0 Å². The Hall–Kier alpha value is -1.44. The molecular weight excluding hydrogens is 318 g/mol. The van der Waals surface area contributed by atoms with Crippen molar-refractivity contribution in [1.29, 1.82) is 0 Å². The maximum atomic E-state index is 12.1. The second-order valence-corrected chi connectivity index (χ2v) is 5.43. The summed E-state index contributed by atoms with van der Waals surface area (Å²) in [5.74, 6) is 0. The second-order valence-electron chi connectivity index (χ2n) is 4.86. The maximum absolute atomic E-state index is 12.1. The van der Waals surface area contributed by atoms with Crippen molar-refractivity contribution >= 4 is 21.6 Å². The van der Waals surface area contributed by atoms with Gasteiger partial charge in [-0.3, -0.25) is 24.0 Å². The van der Waals surface area contributed by atoms with Gasteiger partial charge in [0.1, 0.15) is 0 Å². The largest absolute Gasteiger partial charge is 0.350 e. The van der Waals surface area contributed by atoms with Crippen molar-refractivity contribution in [2.75, 3.05) is 5.33 Å². The maximum Gasteiger partial charge on any atom is 0.350 e. The van der Waals surface area contributed by atoms with E-state index in [9.17, 15) is 19.7 Å². The minimum Gasteiger partial charge on any atom is -0.294 e. The van der Waals surface area contributed by atoms with Crippen molar-refractivity contribution < 1.29 is 4.92 Å². The van der Waals surface area contributed by atoms with Crippen LogP contribution in [0.5, 0.6) is 0 Å². The van der Waals surface area contributed by atoms with Gasteiger partial charge in [-0.2, -0.15) is 0 Å². The predicted octanol–water partition coefficient (Wildman–Crippen LogP) is 1.11. The highest BCUT2D eigenvalue weighted by Crippen LogP contribution is 2.48. The van der Waals surface area contributed by atoms with Crippen LogP contribution in [0, 0.1) is 15.5 Å². The Labute approximate surface area is 117 Å². The molecule has 1 aromatic heterocycles. The first-order valence-corrected chi connectivity index (χ1v) is 7.11. The van der Waals surface area contributed by atoms with Gasteiger partial charge in [0.05, 0.1) is 11.1 Å². The number of halogens is 1. The van der Waals surface area contributed by atoms with Crippen molar-refractivity contribution in [2.24, 2.45) is 5.41 Å². The molecule has 19 heavy (non-hydrogen) atoms. The average molecular weight is 332 g/mol. The Morgan fingerprint density at radius 2 is 2.11 bits per heavy atom. The summed E-state index contributed by atoms with van der Waals surface area (Å²) in [6.45, 7) is 2.23. The molecule has 0 saturated heterocycles. The van der Waals surface area contributed by atoms with E-state index in [0.717, 1.165) is 23.6 Å². The van der Waals surface area contributed by atoms with Crippen molar-refractivity contribution in [3.05, 3.63) is 37.1 Å². The van der Waals surface area contributed by atoms with Gasteiger partial charge in [0.15, 0.2) is 0 Å². The summed E-state index contributed by atoms with van der Waals surface area (Å²) < 4.78 is 2.19. The molecule has 0 amide bonds. The van der Waals surface area contributed by atoms with Gasteiger partial charge >= 0.3 is 16.9 Å². The third kappa shape index (κ3) is 2.49. The van der Waals surface area contributed by atoms with Crippen molar-refractivity contribution in [3.8, 4) is 0 Å². The minimum atomic E-state index is -0.813. The van der Waals surface area contributed by atoms with Gasteiger partial charge in [-0.1, -0.05) is 15.9 Å². The number of alkyl halides is 1. The fourth-order valence-electron chi connectivity index (χ4n) is 1.98. The molecule has 0 aliphatic heterocycles. The third-order valence-corrected chi connectivity index (χ3v) is 4.68. The van der Waals surface area contributed by atoms with E-state index >= 15 is 0 Å². The number of aryl methyl sites for hydroxylation is 1. The lowest BCUT2D eigenvalue weighted by Gasteiger charge is -2.14. The monoisotopic (exact) mass is 331 g/mol. The lowest BCUT2D eigenvalue weighted by Crippen LogP contribution is -2.42. The Kier molecular flexibility index (Phi) is 3.62. The van der Waals surface area contributed by atoms with Crippen LogP contribution in [0.15, 0.2) is 15.8 Å². The van der Waals surface area contributed by atoms with Gasteiger partial charge in [-0.25, -0.2) is 4.79 Å². The van der Waals surface area contributed by atoms with Crippen LogP contribution in [-0.2, 0) is 13.1 Å². The molecule has 1 heterocycles. The summed E-state index contributed by atoms with van der Waals surface area (Å²) in [4.78, 5) is 34.3. The Balaban J connectivity index is 2.58. The number of nitrogens with zero attached hydrogens (tertiary/aromatic N) is 3. The minimum absolute atomic E-state index is 0.107. The molecule has 104 valence electrons. The number of hydrogen-bond acceptors (Lipinski definition) is 4. The molecule has 8 heteroatoms. The van der Waals surface area contributed by atoms with Crippen LogP contribution in [0.2, 0.25) is 0 Å². The number of aromatic nitrogens is 2. The zero-order chi connectivity index (χ0) is 14.2. The lowest BCUT2D eigenvalue weighted by atomic mass is 10.1. The molecule has 0 atom stereocenters. The van der Waals surface area contributed by atoms with E-state index in [1.807, 2.05) is 0 Å². The van der Waals surface area contributed by atoms with E-state index < -0.39 is 21.9 Å². The van der Waals surface area contributed by atoms with E-state index in [2.05, 4.69) is 15.9 Å². The summed E-state index contributed by atoms with van der Waals surface area (Å²) in [6, 6.07) is 0. The topological polar surface area (TPSA) is 87.1 Å². The van der Waals surface area contributed by atoms with Crippen molar-refractivity contribution in [1.82, 2.24) is 9.13 Å². The summed E-state index contributed by atoms with van der Waals surface area (Å²) in [6.07, 6.45) is 2.85. The van der Waals surface area contributed by atoms with Crippen LogP contribution in [0.1, 0.15) is 19.8 Å². The second kappa shape index (κ2) is 4.92. The molecule has 1 aromatic rings. The quantitative estimate of drug-likeness (QED) is 0.459. The first kappa shape index (κ1) is 14.0.